The number of hydrogen-bond donors (Lipinski definition) is 0. The molecule has 0 unspecified atom stereocenters. The third kappa shape index (κ3) is 6.32. The summed E-state index contributed by atoms with van der Waals surface area (Å²) in [6.45, 7) is 5.61. The number of carbonyl (C=O) groups is 1. The molecule has 0 bridgehead atoms. The topological polar surface area (TPSA) is 92.0 Å². The molecule has 4 rings (SSSR count). The van der Waals surface area contributed by atoms with E-state index >= 15 is 0 Å². The van der Waals surface area contributed by atoms with Crippen molar-refractivity contribution in [3.05, 3.63) is 74.8 Å². The minimum atomic E-state index is -0.463. The van der Waals surface area contributed by atoms with Crippen LogP contribution in [0.5, 0.6) is 11.5 Å². The fourth-order valence-electron chi connectivity index (χ4n) is 4.74. The predicted octanol–water partition coefficient (Wildman–Crippen LogP) is 5.77. The zero-order chi connectivity index (χ0) is 27.1. The third-order valence-corrected chi connectivity index (χ3v) is 7.00. The molecule has 0 spiro atoms. The van der Waals surface area contributed by atoms with Gasteiger partial charge < -0.3 is 14.2 Å². The first kappa shape index (κ1) is 27.6. The van der Waals surface area contributed by atoms with Gasteiger partial charge in [0.15, 0.2) is 18.1 Å². The van der Waals surface area contributed by atoms with E-state index in [-0.39, 0.29) is 24.7 Å². The number of benzene rings is 2. The van der Waals surface area contributed by atoms with Gasteiger partial charge in [0, 0.05) is 16.0 Å². The number of carbonyl (C=O) groups excluding carboxylic acids is 1. The van der Waals surface area contributed by atoms with Crippen LogP contribution in [0.3, 0.4) is 0 Å². The highest BCUT2D eigenvalue weighted by molar-refractivity contribution is 9.10. The number of hydrogen-bond acceptors (Lipinski definition) is 7. The molecule has 9 heteroatoms. The van der Waals surface area contributed by atoms with Crippen molar-refractivity contribution in [2.45, 2.75) is 51.4 Å². The predicted molar refractivity (Wildman–Crippen MR) is 152 cm³/mol. The van der Waals surface area contributed by atoms with Crippen LogP contribution in [-0.4, -0.2) is 42.2 Å². The first-order valence-corrected chi connectivity index (χ1v) is 13.6. The SMILES string of the molecule is C=CCc1cc(C=Nn2c(C3CCCCC3)nc3ccc(Br)cc3c2=O)cc(OC)c1OCC(=O)OCC. The molecule has 0 amide bonds. The molecule has 0 saturated heterocycles. The number of allylic oxidation sites excluding steroid dienone is 1. The Morgan fingerprint density at radius 3 is 2.74 bits per heavy atom. The Bertz CT molecular complexity index is 1410. The van der Waals surface area contributed by atoms with E-state index in [1.54, 1.807) is 31.3 Å². The van der Waals surface area contributed by atoms with Crippen molar-refractivity contribution in [1.82, 2.24) is 9.66 Å². The first-order valence-electron chi connectivity index (χ1n) is 12.8. The van der Waals surface area contributed by atoms with Crippen molar-refractivity contribution < 1.29 is 19.0 Å². The molecule has 200 valence electrons. The zero-order valence-corrected chi connectivity index (χ0v) is 23.3. The Morgan fingerprint density at radius 1 is 1.24 bits per heavy atom. The molecule has 2 aromatic carbocycles. The first-order chi connectivity index (χ1) is 18.4. The van der Waals surface area contributed by atoms with Crippen LogP contribution in [0.15, 0.2) is 57.4 Å². The number of rotatable bonds is 10. The number of fused-ring (bicyclic) bond motifs is 1. The Kier molecular flexibility index (Phi) is 9.33. The van der Waals surface area contributed by atoms with Gasteiger partial charge in [-0.15, -0.1) is 6.58 Å². The molecule has 1 heterocycles. The molecule has 0 N–H and O–H groups in total. The van der Waals surface area contributed by atoms with Gasteiger partial charge in [-0.1, -0.05) is 41.3 Å². The smallest absolute Gasteiger partial charge is 0.344 e. The van der Waals surface area contributed by atoms with E-state index in [0.29, 0.717) is 40.2 Å². The van der Waals surface area contributed by atoms with E-state index in [1.165, 1.54) is 18.2 Å². The van der Waals surface area contributed by atoms with Crippen LogP contribution >= 0.6 is 15.9 Å². The van der Waals surface area contributed by atoms with Gasteiger partial charge in [0.05, 0.1) is 30.8 Å². The lowest BCUT2D eigenvalue weighted by Crippen LogP contribution is -2.25. The van der Waals surface area contributed by atoms with Crippen LogP contribution in [0.25, 0.3) is 10.9 Å². The molecule has 0 aliphatic heterocycles. The van der Waals surface area contributed by atoms with Crippen LogP contribution in [-0.2, 0) is 16.0 Å². The summed E-state index contributed by atoms with van der Waals surface area (Å²) in [6.07, 6.45) is 9.22. The maximum absolute atomic E-state index is 13.6. The number of methoxy groups -OCH3 is 1. The minimum Gasteiger partial charge on any atom is -0.493 e. The maximum atomic E-state index is 13.6. The zero-order valence-electron chi connectivity index (χ0n) is 21.7. The lowest BCUT2D eigenvalue weighted by atomic mass is 9.88. The summed E-state index contributed by atoms with van der Waals surface area (Å²) in [5, 5.41) is 5.14. The molecule has 3 aromatic rings. The van der Waals surface area contributed by atoms with Crippen LogP contribution in [0, 0.1) is 0 Å². The molecule has 1 aliphatic carbocycles. The summed E-state index contributed by atoms with van der Waals surface area (Å²) in [6, 6.07) is 9.18. The van der Waals surface area contributed by atoms with Gasteiger partial charge in [-0.2, -0.15) is 9.78 Å². The second-order valence-electron chi connectivity index (χ2n) is 9.13. The average molecular weight is 582 g/mol. The van der Waals surface area contributed by atoms with Gasteiger partial charge in [0.2, 0.25) is 0 Å². The van der Waals surface area contributed by atoms with E-state index in [0.717, 1.165) is 35.7 Å². The fraction of sp³-hybridized carbons (Fsp3) is 0.379. The molecule has 0 radical (unpaired) electrons. The largest absolute Gasteiger partial charge is 0.493 e. The third-order valence-electron chi connectivity index (χ3n) is 6.50. The molecule has 1 saturated carbocycles. The Morgan fingerprint density at radius 2 is 2.03 bits per heavy atom. The van der Waals surface area contributed by atoms with Crippen LogP contribution in [0.1, 0.15) is 61.9 Å². The van der Waals surface area contributed by atoms with Crippen molar-refractivity contribution in [2.24, 2.45) is 5.10 Å². The second kappa shape index (κ2) is 12.9. The Hall–Kier alpha value is -3.46. The number of ether oxygens (including phenoxy) is 3. The van der Waals surface area contributed by atoms with Crippen LogP contribution in [0.2, 0.25) is 0 Å². The van der Waals surface area contributed by atoms with Gasteiger partial charge in [-0.05, 0) is 62.1 Å². The van der Waals surface area contributed by atoms with Gasteiger partial charge in [-0.3, -0.25) is 4.79 Å². The molecular weight excluding hydrogens is 550 g/mol. The van der Waals surface area contributed by atoms with E-state index in [4.69, 9.17) is 19.2 Å². The van der Waals surface area contributed by atoms with Gasteiger partial charge in [-0.25, -0.2) is 9.78 Å². The maximum Gasteiger partial charge on any atom is 0.344 e. The normalized spacial score (nSPS) is 14.1. The van der Waals surface area contributed by atoms with E-state index < -0.39 is 5.97 Å². The standard InChI is InChI=1S/C29H32BrN3O5/c1-4-9-21-14-19(15-25(36-3)27(21)38-18-26(34)37-5-2)17-31-33-28(20-10-7-6-8-11-20)32-24-13-12-22(30)16-23(24)29(33)35/h4,12-17,20H,1,5-11,18H2,2-3H3. The van der Waals surface area contributed by atoms with Crippen molar-refractivity contribution in [2.75, 3.05) is 20.3 Å². The summed E-state index contributed by atoms with van der Waals surface area (Å²) in [7, 11) is 1.53. The molecule has 1 aliphatic rings. The average Bonchev–Trinajstić information content (AvgIpc) is 2.92. The van der Waals surface area contributed by atoms with E-state index in [1.807, 2.05) is 18.2 Å². The second-order valence-corrected chi connectivity index (χ2v) is 10.0. The number of aromatic nitrogens is 2. The summed E-state index contributed by atoms with van der Waals surface area (Å²) in [5.41, 5.74) is 1.94. The number of nitrogens with zero attached hydrogens (tertiary/aromatic N) is 3. The minimum absolute atomic E-state index is 0.172. The van der Waals surface area contributed by atoms with Gasteiger partial charge >= 0.3 is 5.97 Å². The molecular formula is C29H32BrN3O5. The van der Waals surface area contributed by atoms with E-state index in [9.17, 15) is 9.59 Å². The fourth-order valence-corrected chi connectivity index (χ4v) is 5.10. The quantitative estimate of drug-likeness (QED) is 0.171. The summed E-state index contributed by atoms with van der Waals surface area (Å²) < 4.78 is 18.5. The highest BCUT2D eigenvalue weighted by Gasteiger charge is 2.23. The molecule has 38 heavy (non-hydrogen) atoms. The highest BCUT2D eigenvalue weighted by atomic mass is 79.9. The summed E-state index contributed by atoms with van der Waals surface area (Å²) >= 11 is 3.46. The summed E-state index contributed by atoms with van der Waals surface area (Å²) in [5.74, 6) is 1.28. The summed E-state index contributed by atoms with van der Waals surface area (Å²) in [4.78, 5) is 30.3. The Balaban J connectivity index is 1.76. The van der Waals surface area contributed by atoms with Crippen molar-refractivity contribution >= 4 is 39.0 Å². The number of esters is 1. The molecule has 8 nitrogen and oxygen atoms in total. The van der Waals surface area contributed by atoms with Crippen molar-refractivity contribution in [1.29, 1.82) is 0 Å². The van der Waals surface area contributed by atoms with Gasteiger partial charge in [0.1, 0.15) is 5.82 Å². The van der Waals surface area contributed by atoms with Crippen molar-refractivity contribution in [3.8, 4) is 11.5 Å². The lowest BCUT2D eigenvalue weighted by molar-refractivity contribution is -0.145. The van der Waals surface area contributed by atoms with Crippen LogP contribution in [0.4, 0.5) is 0 Å². The highest BCUT2D eigenvalue weighted by Crippen LogP contribution is 2.34. The molecule has 0 atom stereocenters. The van der Waals surface area contributed by atoms with Gasteiger partial charge in [0.25, 0.3) is 5.56 Å². The van der Waals surface area contributed by atoms with E-state index in [2.05, 4.69) is 27.6 Å². The molecule has 1 fully saturated rings. The lowest BCUT2D eigenvalue weighted by Gasteiger charge is -2.22. The number of halogens is 1. The Labute approximate surface area is 230 Å². The monoisotopic (exact) mass is 581 g/mol. The van der Waals surface area contributed by atoms with Crippen LogP contribution < -0.4 is 15.0 Å². The van der Waals surface area contributed by atoms with Crippen molar-refractivity contribution in [3.63, 3.8) is 0 Å². The molecule has 1 aromatic heterocycles.